The quantitative estimate of drug-likeness (QED) is 0.727. The Morgan fingerprint density at radius 1 is 1.17 bits per heavy atom. The van der Waals surface area contributed by atoms with E-state index >= 15 is 0 Å². The minimum atomic E-state index is -0.234. The minimum absolute atomic E-state index is 0.210. The van der Waals surface area contributed by atoms with Crippen molar-refractivity contribution in [3.8, 4) is 5.69 Å². The highest BCUT2D eigenvalue weighted by Gasteiger charge is 2.07. The molecule has 0 radical (unpaired) electrons. The van der Waals surface area contributed by atoms with Crippen molar-refractivity contribution in [3.63, 3.8) is 0 Å². The highest BCUT2D eigenvalue weighted by Crippen LogP contribution is 2.09. The first kappa shape index (κ1) is 10.7. The number of aliphatic hydroxyl groups excluding tert-OH is 1. The lowest BCUT2D eigenvalue weighted by molar-refractivity contribution is 0.276. The summed E-state index contributed by atoms with van der Waals surface area (Å²) in [7, 11) is 0. The predicted molar refractivity (Wildman–Crippen MR) is 66.7 cm³/mol. The van der Waals surface area contributed by atoms with Crippen LogP contribution in [0.1, 0.15) is 5.69 Å². The molecule has 0 amide bonds. The van der Waals surface area contributed by atoms with E-state index in [9.17, 15) is 4.79 Å². The van der Waals surface area contributed by atoms with Gasteiger partial charge >= 0.3 is 0 Å². The number of rotatable bonds is 2. The van der Waals surface area contributed by atoms with Crippen molar-refractivity contribution in [2.45, 2.75) is 6.61 Å². The molecule has 18 heavy (non-hydrogen) atoms. The molecule has 0 atom stereocenters. The number of fused-ring (bicyclic) bond motifs is 1. The van der Waals surface area contributed by atoms with Gasteiger partial charge in [-0.2, -0.15) is 4.52 Å². The van der Waals surface area contributed by atoms with Gasteiger partial charge in [0, 0.05) is 18.3 Å². The van der Waals surface area contributed by atoms with E-state index in [1.165, 1.54) is 10.6 Å². The van der Waals surface area contributed by atoms with Crippen molar-refractivity contribution in [3.05, 3.63) is 64.7 Å². The second-order valence-corrected chi connectivity index (χ2v) is 3.91. The summed E-state index contributed by atoms with van der Waals surface area (Å²) in [6.45, 7) is -0.234. The van der Waals surface area contributed by atoms with Crippen LogP contribution < -0.4 is 5.56 Å². The molecule has 0 aliphatic rings. The third kappa shape index (κ3) is 1.61. The lowest BCUT2D eigenvalue weighted by Crippen LogP contribution is -2.20. The van der Waals surface area contributed by atoms with Crippen molar-refractivity contribution in [1.29, 1.82) is 0 Å². The van der Waals surface area contributed by atoms with E-state index in [1.54, 1.807) is 16.9 Å². The third-order valence-electron chi connectivity index (χ3n) is 2.74. The Bertz CT molecular complexity index is 744. The van der Waals surface area contributed by atoms with E-state index in [0.717, 1.165) is 5.69 Å². The van der Waals surface area contributed by atoms with Gasteiger partial charge in [-0.25, -0.2) is 4.98 Å². The molecule has 0 fully saturated rings. The Kier molecular flexibility index (Phi) is 2.46. The lowest BCUT2D eigenvalue weighted by atomic mass is 10.3. The molecule has 0 saturated heterocycles. The van der Waals surface area contributed by atoms with Crippen molar-refractivity contribution in [2.75, 3.05) is 0 Å². The first-order chi connectivity index (χ1) is 8.79. The standard InChI is InChI=1S/C13H11N3O2/c17-9-10-8-13(18)16-12(14-10)6-7-15(16)11-4-2-1-3-5-11/h1-8,17H,9H2. The largest absolute Gasteiger partial charge is 0.390 e. The number of hydrogen-bond acceptors (Lipinski definition) is 3. The van der Waals surface area contributed by atoms with E-state index in [2.05, 4.69) is 4.98 Å². The molecule has 3 rings (SSSR count). The Hall–Kier alpha value is -2.40. The molecule has 2 aromatic heterocycles. The number of aliphatic hydroxyl groups is 1. The summed E-state index contributed by atoms with van der Waals surface area (Å²) in [5, 5.41) is 9.03. The molecule has 0 aliphatic heterocycles. The molecule has 0 spiro atoms. The average molecular weight is 241 g/mol. The molecule has 2 heterocycles. The van der Waals surface area contributed by atoms with Crippen LogP contribution in [0.4, 0.5) is 0 Å². The molecule has 5 heteroatoms. The minimum Gasteiger partial charge on any atom is -0.390 e. The number of aromatic nitrogens is 3. The second kappa shape index (κ2) is 4.12. The van der Waals surface area contributed by atoms with Crippen molar-refractivity contribution in [2.24, 2.45) is 0 Å². The molecule has 3 aromatic rings. The highest BCUT2D eigenvalue weighted by atomic mass is 16.3. The number of nitrogens with zero attached hydrogens (tertiary/aromatic N) is 3. The summed E-state index contributed by atoms with van der Waals surface area (Å²) < 4.78 is 3.19. The zero-order valence-electron chi connectivity index (χ0n) is 9.52. The molecule has 1 aromatic carbocycles. The molecular formula is C13H11N3O2. The van der Waals surface area contributed by atoms with Crippen LogP contribution in [0.15, 0.2) is 53.5 Å². The third-order valence-corrected chi connectivity index (χ3v) is 2.74. The molecule has 0 bridgehead atoms. The fraction of sp³-hybridized carbons (Fsp3) is 0.0769. The van der Waals surface area contributed by atoms with Crippen LogP contribution in [-0.2, 0) is 6.61 Å². The molecular weight excluding hydrogens is 230 g/mol. The second-order valence-electron chi connectivity index (χ2n) is 3.91. The van der Waals surface area contributed by atoms with E-state index in [4.69, 9.17) is 5.11 Å². The first-order valence-electron chi connectivity index (χ1n) is 5.56. The van der Waals surface area contributed by atoms with Gasteiger partial charge in [0.1, 0.15) is 0 Å². The maximum Gasteiger partial charge on any atom is 0.273 e. The monoisotopic (exact) mass is 241 g/mol. The Morgan fingerprint density at radius 3 is 2.67 bits per heavy atom. The van der Waals surface area contributed by atoms with Gasteiger partial charge in [-0.15, -0.1) is 0 Å². The highest BCUT2D eigenvalue weighted by molar-refractivity contribution is 5.41. The SMILES string of the molecule is O=c1cc(CO)nc2ccn(-c3ccccc3)n12. The summed E-state index contributed by atoms with van der Waals surface area (Å²) in [4.78, 5) is 16.2. The van der Waals surface area contributed by atoms with E-state index in [1.807, 2.05) is 30.3 Å². The van der Waals surface area contributed by atoms with Crippen LogP contribution in [0.25, 0.3) is 11.3 Å². The lowest BCUT2D eigenvalue weighted by Gasteiger charge is -2.06. The van der Waals surface area contributed by atoms with Crippen LogP contribution in [0.2, 0.25) is 0 Å². The van der Waals surface area contributed by atoms with Gasteiger partial charge in [-0.3, -0.25) is 9.48 Å². The molecule has 1 N–H and O–H groups in total. The fourth-order valence-electron chi connectivity index (χ4n) is 1.93. The van der Waals surface area contributed by atoms with Crippen LogP contribution in [0.5, 0.6) is 0 Å². The summed E-state index contributed by atoms with van der Waals surface area (Å²) >= 11 is 0. The van der Waals surface area contributed by atoms with Gasteiger partial charge in [0.25, 0.3) is 5.56 Å². The maximum atomic E-state index is 12.0. The zero-order valence-corrected chi connectivity index (χ0v) is 9.52. The van der Waals surface area contributed by atoms with Crippen molar-refractivity contribution < 1.29 is 5.11 Å². The van der Waals surface area contributed by atoms with Gasteiger partial charge in [-0.05, 0) is 12.1 Å². The zero-order chi connectivity index (χ0) is 12.5. The van der Waals surface area contributed by atoms with Crippen molar-refractivity contribution in [1.82, 2.24) is 14.2 Å². The molecule has 0 unspecified atom stereocenters. The molecule has 5 nitrogen and oxygen atoms in total. The molecule has 90 valence electrons. The van der Waals surface area contributed by atoms with Gasteiger partial charge in [0.15, 0.2) is 5.65 Å². The summed E-state index contributed by atoms with van der Waals surface area (Å²) in [5.41, 5.74) is 1.58. The van der Waals surface area contributed by atoms with Gasteiger partial charge in [0.2, 0.25) is 0 Å². The summed E-state index contributed by atoms with van der Waals surface area (Å²) in [6.07, 6.45) is 1.78. The van der Waals surface area contributed by atoms with Gasteiger partial charge < -0.3 is 5.11 Å². The normalized spacial score (nSPS) is 10.9. The van der Waals surface area contributed by atoms with Gasteiger partial charge in [-0.1, -0.05) is 18.2 Å². The Labute approximate surface area is 103 Å². The van der Waals surface area contributed by atoms with Crippen LogP contribution >= 0.6 is 0 Å². The predicted octanol–water partition coefficient (Wildman–Crippen LogP) is 0.978. The first-order valence-corrected chi connectivity index (χ1v) is 5.56. The molecule has 0 saturated carbocycles. The van der Waals surface area contributed by atoms with Crippen LogP contribution in [0, 0.1) is 0 Å². The van der Waals surface area contributed by atoms with E-state index in [-0.39, 0.29) is 12.2 Å². The number of para-hydroxylation sites is 1. The van der Waals surface area contributed by atoms with E-state index < -0.39 is 0 Å². The Balaban J connectivity index is 2.30. The van der Waals surface area contributed by atoms with Gasteiger partial charge in [0.05, 0.1) is 18.0 Å². The molecule has 0 aliphatic carbocycles. The maximum absolute atomic E-state index is 12.0. The fourth-order valence-corrected chi connectivity index (χ4v) is 1.93. The van der Waals surface area contributed by atoms with Crippen molar-refractivity contribution >= 4 is 5.65 Å². The average Bonchev–Trinajstić information content (AvgIpc) is 2.84. The number of hydrogen-bond donors (Lipinski definition) is 1. The smallest absolute Gasteiger partial charge is 0.273 e. The summed E-state index contributed by atoms with van der Waals surface area (Å²) in [6, 6.07) is 12.6. The topological polar surface area (TPSA) is 59.5 Å². The summed E-state index contributed by atoms with van der Waals surface area (Å²) in [5.74, 6) is 0. The van der Waals surface area contributed by atoms with Crippen LogP contribution in [0.3, 0.4) is 0 Å². The van der Waals surface area contributed by atoms with Crippen LogP contribution in [-0.4, -0.2) is 19.3 Å². The van der Waals surface area contributed by atoms with E-state index in [0.29, 0.717) is 11.3 Å². The number of benzene rings is 1. The Morgan fingerprint density at radius 2 is 1.94 bits per heavy atom.